The Morgan fingerprint density at radius 2 is 1.85 bits per heavy atom. The molecule has 1 saturated heterocycles. The first kappa shape index (κ1) is 27.7. The van der Waals surface area contributed by atoms with E-state index in [1.165, 1.54) is 33.2 Å². The van der Waals surface area contributed by atoms with E-state index in [9.17, 15) is 26.0 Å². The van der Waals surface area contributed by atoms with Crippen LogP contribution in [0.2, 0.25) is 0 Å². The van der Waals surface area contributed by atoms with Crippen molar-refractivity contribution in [3.8, 4) is 5.69 Å². The first-order valence-electron chi connectivity index (χ1n) is 12.3. The standard InChI is InChI=1S/C26H27F4N5O2S2/c1-16-10-23-19(12-31-35(23)21-6-4-20(27)5-7-21)11-22(16)24-14-34(39(36,37)25-15-38-18(3)32-25)9-8-33(24)13-17(2)26(28,29)30/h4-7,10-12,15,17,24H,8-9,13-14H2,1-3H3/t17?,24-/m0/s1. The van der Waals surface area contributed by atoms with Gasteiger partial charge < -0.3 is 0 Å². The second kappa shape index (κ2) is 10.3. The predicted molar refractivity (Wildman–Crippen MR) is 141 cm³/mol. The molecule has 0 aliphatic carbocycles. The minimum Gasteiger partial charge on any atom is -0.293 e. The number of halogens is 4. The first-order valence-corrected chi connectivity index (χ1v) is 14.6. The molecule has 1 aliphatic rings. The zero-order valence-electron chi connectivity index (χ0n) is 21.5. The second-order valence-corrected chi connectivity index (χ2v) is 12.8. The molecule has 1 unspecified atom stereocenters. The van der Waals surface area contributed by atoms with Crippen LogP contribution in [0.4, 0.5) is 17.6 Å². The van der Waals surface area contributed by atoms with Crippen LogP contribution < -0.4 is 0 Å². The maximum absolute atomic E-state index is 13.5. The summed E-state index contributed by atoms with van der Waals surface area (Å²) in [6.45, 7) is 4.63. The lowest BCUT2D eigenvalue weighted by atomic mass is 9.95. The Balaban J connectivity index is 1.54. The molecule has 0 saturated carbocycles. The first-order chi connectivity index (χ1) is 18.3. The number of nitrogens with zero attached hydrogens (tertiary/aromatic N) is 5. The van der Waals surface area contributed by atoms with E-state index in [1.807, 2.05) is 19.1 Å². The number of benzene rings is 2. The van der Waals surface area contributed by atoms with Gasteiger partial charge in [-0.05, 0) is 61.4 Å². The van der Waals surface area contributed by atoms with Crippen molar-refractivity contribution in [2.45, 2.75) is 38.0 Å². The number of hydrogen-bond donors (Lipinski definition) is 0. The normalized spacial score (nSPS) is 18.6. The van der Waals surface area contributed by atoms with Crippen LogP contribution in [-0.2, 0) is 10.0 Å². The third-order valence-corrected chi connectivity index (χ3v) is 9.78. The average Bonchev–Trinajstić information content (AvgIpc) is 3.50. The molecular formula is C26H27F4N5O2S2. The topological polar surface area (TPSA) is 71.3 Å². The molecule has 2 atom stereocenters. The number of sulfonamides is 1. The molecule has 0 spiro atoms. The molecule has 1 fully saturated rings. The van der Waals surface area contributed by atoms with Crippen molar-refractivity contribution in [3.63, 3.8) is 0 Å². The molecule has 4 aromatic rings. The number of hydrogen-bond acceptors (Lipinski definition) is 6. The van der Waals surface area contributed by atoms with Gasteiger partial charge in [-0.3, -0.25) is 4.90 Å². The Kier molecular flexibility index (Phi) is 7.29. The van der Waals surface area contributed by atoms with Crippen LogP contribution in [0, 0.1) is 25.6 Å². The van der Waals surface area contributed by atoms with E-state index in [2.05, 4.69) is 10.1 Å². The van der Waals surface area contributed by atoms with Crippen molar-refractivity contribution in [2.75, 3.05) is 26.2 Å². The summed E-state index contributed by atoms with van der Waals surface area (Å²) in [5.41, 5.74) is 2.92. The van der Waals surface area contributed by atoms with Crippen LogP contribution in [0.25, 0.3) is 16.6 Å². The van der Waals surface area contributed by atoms with E-state index in [0.717, 1.165) is 29.0 Å². The number of alkyl halides is 3. The number of aryl methyl sites for hydroxylation is 2. The molecule has 0 bridgehead atoms. The summed E-state index contributed by atoms with van der Waals surface area (Å²) in [5.74, 6) is -1.96. The molecule has 7 nitrogen and oxygen atoms in total. The number of piperazine rings is 1. The molecule has 13 heteroatoms. The monoisotopic (exact) mass is 581 g/mol. The van der Waals surface area contributed by atoms with Gasteiger partial charge in [-0.25, -0.2) is 22.5 Å². The highest BCUT2D eigenvalue weighted by Crippen LogP contribution is 2.36. The van der Waals surface area contributed by atoms with Crippen molar-refractivity contribution >= 4 is 32.3 Å². The Morgan fingerprint density at radius 1 is 1.13 bits per heavy atom. The van der Waals surface area contributed by atoms with Gasteiger partial charge in [-0.15, -0.1) is 11.3 Å². The zero-order chi connectivity index (χ0) is 28.1. The minimum absolute atomic E-state index is 0.0120. The van der Waals surface area contributed by atoms with E-state index < -0.39 is 28.2 Å². The molecular weight excluding hydrogens is 554 g/mol. The summed E-state index contributed by atoms with van der Waals surface area (Å²) < 4.78 is 83.7. The van der Waals surface area contributed by atoms with Gasteiger partial charge in [0.15, 0.2) is 5.03 Å². The molecule has 1 aliphatic heterocycles. The summed E-state index contributed by atoms with van der Waals surface area (Å²) in [6.07, 6.45) is -2.74. The SMILES string of the molecule is Cc1nc(S(=O)(=O)N2CCN(CC(C)C(F)(F)F)[C@H](c3cc4cnn(-c5ccc(F)cc5)c4cc3C)C2)cs1. The van der Waals surface area contributed by atoms with E-state index in [-0.39, 0.29) is 37.0 Å². The van der Waals surface area contributed by atoms with E-state index in [0.29, 0.717) is 10.7 Å². The highest BCUT2D eigenvalue weighted by atomic mass is 32.2. The highest BCUT2D eigenvalue weighted by Gasteiger charge is 2.42. The van der Waals surface area contributed by atoms with E-state index in [1.54, 1.807) is 34.8 Å². The fourth-order valence-electron chi connectivity index (χ4n) is 4.92. The molecule has 0 N–H and O–H groups in total. The molecule has 3 heterocycles. The summed E-state index contributed by atoms with van der Waals surface area (Å²) >= 11 is 1.23. The maximum atomic E-state index is 13.5. The van der Waals surface area contributed by atoms with Gasteiger partial charge in [-0.2, -0.15) is 22.6 Å². The van der Waals surface area contributed by atoms with Crippen LogP contribution in [-0.4, -0.2) is 64.7 Å². The number of rotatable bonds is 6. The van der Waals surface area contributed by atoms with Crippen LogP contribution in [0.3, 0.4) is 0 Å². The smallest absolute Gasteiger partial charge is 0.293 e. The summed E-state index contributed by atoms with van der Waals surface area (Å²) in [6, 6.07) is 9.01. The Morgan fingerprint density at radius 3 is 2.49 bits per heavy atom. The van der Waals surface area contributed by atoms with Crippen LogP contribution in [0.5, 0.6) is 0 Å². The second-order valence-electron chi connectivity index (χ2n) is 9.82. The lowest BCUT2D eigenvalue weighted by molar-refractivity contribution is -0.176. The molecule has 2 aromatic heterocycles. The molecule has 39 heavy (non-hydrogen) atoms. The van der Waals surface area contributed by atoms with Gasteiger partial charge in [0.2, 0.25) is 0 Å². The third kappa shape index (κ3) is 5.45. The largest absolute Gasteiger partial charge is 0.392 e. The summed E-state index contributed by atoms with van der Waals surface area (Å²) in [5, 5.41) is 7.22. The predicted octanol–water partition coefficient (Wildman–Crippen LogP) is 5.48. The van der Waals surface area contributed by atoms with Gasteiger partial charge in [0, 0.05) is 43.0 Å². The van der Waals surface area contributed by atoms with Crippen molar-refractivity contribution in [2.24, 2.45) is 5.92 Å². The number of aromatic nitrogens is 3. The molecule has 208 valence electrons. The third-order valence-electron chi connectivity index (χ3n) is 7.11. The van der Waals surface area contributed by atoms with Crippen LogP contribution in [0.15, 0.2) is 53.0 Å². The van der Waals surface area contributed by atoms with Crippen LogP contribution in [0.1, 0.15) is 29.1 Å². The minimum atomic E-state index is -4.37. The fourth-order valence-corrected chi connectivity index (χ4v) is 7.26. The van der Waals surface area contributed by atoms with Crippen molar-refractivity contribution in [3.05, 3.63) is 69.9 Å². The highest BCUT2D eigenvalue weighted by molar-refractivity contribution is 7.89. The Bertz CT molecular complexity index is 1600. The van der Waals surface area contributed by atoms with Crippen molar-refractivity contribution in [1.29, 1.82) is 0 Å². The summed E-state index contributed by atoms with van der Waals surface area (Å²) in [4.78, 5) is 5.86. The quantitative estimate of drug-likeness (QED) is 0.282. The Labute approximate surface area is 227 Å². The maximum Gasteiger partial charge on any atom is 0.392 e. The van der Waals surface area contributed by atoms with Gasteiger partial charge in [0.1, 0.15) is 5.82 Å². The molecule has 2 aromatic carbocycles. The number of thiazole rings is 1. The van der Waals surface area contributed by atoms with Crippen molar-refractivity contribution in [1.82, 2.24) is 24.0 Å². The van der Waals surface area contributed by atoms with Gasteiger partial charge >= 0.3 is 6.18 Å². The van der Waals surface area contributed by atoms with Gasteiger partial charge in [0.25, 0.3) is 10.0 Å². The summed E-state index contributed by atoms with van der Waals surface area (Å²) in [7, 11) is -3.92. The zero-order valence-corrected chi connectivity index (χ0v) is 23.1. The van der Waals surface area contributed by atoms with Crippen molar-refractivity contribution < 1.29 is 26.0 Å². The van der Waals surface area contributed by atoms with Gasteiger partial charge in [-0.1, -0.05) is 6.92 Å². The van der Waals surface area contributed by atoms with E-state index in [4.69, 9.17) is 0 Å². The molecule has 0 amide bonds. The lowest BCUT2D eigenvalue weighted by Gasteiger charge is -2.42. The number of fused-ring (bicyclic) bond motifs is 1. The Hall–Kier alpha value is -2.87. The van der Waals surface area contributed by atoms with Gasteiger partial charge in [0.05, 0.1) is 28.3 Å². The molecule has 0 radical (unpaired) electrons. The average molecular weight is 582 g/mol. The van der Waals surface area contributed by atoms with E-state index >= 15 is 0 Å². The fraction of sp³-hybridized carbons (Fsp3) is 0.385. The van der Waals surface area contributed by atoms with Crippen LogP contribution >= 0.6 is 11.3 Å². The lowest BCUT2D eigenvalue weighted by Crippen LogP contribution is -2.52. The molecule has 5 rings (SSSR count).